The van der Waals surface area contributed by atoms with Crippen LogP contribution in [0.15, 0.2) is 23.5 Å². The largest absolute Gasteiger partial charge is 0.501 e. The van der Waals surface area contributed by atoms with Crippen LogP contribution in [0.25, 0.3) is 0 Å². The van der Waals surface area contributed by atoms with Crippen molar-refractivity contribution >= 4 is 0 Å². The third-order valence-corrected chi connectivity index (χ3v) is 8.78. The van der Waals surface area contributed by atoms with Crippen LogP contribution < -0.4 is 0 Å². The topological polar surface area (TPSA) is 21.8 Å². The summed E-state index contributed by atoms with van der Waals surface area (Å²) >= 11 is 0. The molecule has 0 aromatic rings. The third-order valence-electron chi connectivity index (χ3n) is 8.78. The molecule has 126 valence electrons. The lowest BCUT2D eigenvalue weighted by Gasteiger charge is -2.56. The highest BCUT2D eigenvalue weighted by Crippen LogP contribution is 2.70. The average molecular weight is 314 g/mol. The van der Waals surface area contributed by atoms with E-state index < -0.39 is 0 Å². The summed E-state index contributed by atoms with van der Waals surface area (Å²) in [6, 6.07) is 0. The first-order valence-corrected chi connectivity index (χ1v) is 9.62. The van der Waals surface area contributed by atoms with Gasteiger partial charge in [-0.15, -0.1) is 0 Å². The molecule has 2 heteroatoms. The van der Waals surface area contributed by atoms with Gasteiger partial charge in [0.15, 0.2) is 0 Å². The van der Waals surface area contributed by atoms with Crippen molar-refractivity contribution in [2.45, 2.75) is 64.4 Å². The van der Waals surface area contributed by atoms with Crippen LogP contribution in [0, 0.1) is 28.6 Å². The molecular formula is C21H30O2. The minimum Gasteiger partial charge on any atom is -0.501 e. The van der Waals surface area contributed by atoms with Gasteiger partial charge in [-0.25, -0.2) is 0 Å². The summed E-state index contributed by atoms with van der Waals surface area (Å²) in [6.45, 7) is 6.13. The van der Waals surface area contributed by atoms with Crippen molar-refractivity contribution in [1.29, 1.82) is 0 Å². The first-order valence-electron chi connectivity index (χ1n) is 9.62. The maximum Gasteiger partial charge on any atom is 0.0972 e. The SMILES string of the molecule is COC1=CC2=CC[C@@H]3[C@@H](CC[C@@]4(C)[C@H]3CC[C@@]43CO3)[C@@]2(C)CC1. The van der Waals surface area contributed by atoms with E-state index in [-0.39, 0.29) is 5.60 Å². The lowest BCUT2D eigenvalue weighted by atomic mass is 9.48. The van der Waals surface area contributed by atoms with E-state index in [0.717, 1.165) is 30.8 Å². The number of fused-ring (bicyclic) bond motifs is 6. The number of epoxide rings is 1. The molecule has 1 saturated heterocycles. The molecule has 4 aliphatic carbocycles. The summed E-state index contributed by atoms with van der Waals surface area (Å²) in [5.41, 5.74) is 2.69. The quantitative estimate of drug-likeness (QED) is 0.645. The van der Waals surface area contributed by atoms with Gasteiger partial charge in [-0.1, -0.05) is 19.9 Å². The first kappa shape index (κ1) is 14.6. The molecule has 5 rings (SSSR count). The standard InChI is InChI=1S/C21H30O2/c1-19-9-6-15(22-3)12-14(19)4-5-16-17(19)7-10-20(2)18(16)8-11-21(20)13-23-21/h4,12,16-18H,5-11,13H2,1-3H3/t16-,17-,18+,19+,20+,21-/m1/s1. The van der Waals surface area contributed by atoms with Gasteiger partial charge in [-0.05, 0) is 73.3 Å². The number of rotatable bonds is 1. The fourth-order valence-corrected chi connectivity index (χ4v) is 7.11. The molecule has 0 aromatic carbocycles. The Balaban J connectivity index is 1.51. The van der Waals surface area contributed by atoms with Gasteiger partial charge in [0.25, 0.3) is 0 Å². The molecule has 1 spiro atoms. The molecule has 6 atom stereocenters. The maximum absolute atomic E-state index is 6.03. The summed E-state index contributed by atoms with van der Waals surface area (Å²) < 4.78 is 11.6. The summed E-state index contributed by atoms with van der Waals surface area (Å²) in [5, 5.41) is 0. The van der Waals surface area contributed by atoms with Gasteiger partial charge < -0.3 is 9.47 Å². The van der Waals surface area contributed by atoms with E-state index in [9.17, 15) is 0 Å². The molecule has 5 aliphatic rings. The molecule has 0 radical (unpaired) electrons. The van der Waals surface area contributed by atoms with Crippen LogP contribution in [0.3, 0.4) is 0 Å². The van der Waals surface area contributed by atoms with Gasteiger partial charge in [0, 0.05) is 11.8 Å². The number of methoxy groups -OCH3 is 1. The predicted octanol–water partition coefficient (Wildman–Crippen LogP) is 4.86. The Morgan fingerprint density at radius 1 is 1.13 bits per heavy atom. The summed E-state index contributed by atoms with van der Waals surface area (Å²) in [5.74, 6) is 3.80. The zero-order valence-corrected chi connectivity index (χ0v) is 14.9. The second kappa shape index (κ2) is 4.45. The van der Waals surface area contributed by atoms with Crippen LogP contribution in [0.5, 0.6) is 0 Å². The van der Waals surface area contributed by atoms with Gasteiger partial charge in [0.1, 0.15) is 0 Å². The third kappa shape index (κ3) is 1.69. The molecule has 2 saturated carbocycles. The Labute approximate surface area is 140 Å². The number of ether oxygens (including phenoxy) is 2. The van der Waals surface area contributed by atoms with Crippen molar-refractivity contribution < 1.29 is 9.47 Å². The average Bonchev–Trinajstić information content (AvgIpc) is 3.28. The van der Waals surface area contributed by atoms with E-state index in [2.05, 4.69) is 26.0 Å². The van der Waals surface area contributed by atoms with Gasteiger partial charge in [0.05, 0.1) is 25.1 Å². The van der Waals surface area contributed by atoms with Gasteiger partial charge in [0.2, 0.25) is 0 Å². The smallest absolute Gasteiger partial charge is 0.0972 e. The van der Waals surface area contributed by atoms with E-state index in [1.807, 2.05) is 7.11 Å². The minimum absolute atomic E-state index is 0.281. The van der Waals surface area contributed by atoms with E-state index in [0.29, 0.717) is 10.8 Å². The predicted molar refractivity (Wildman–Crippen MR) is 90.9 cm³/mol. The summed E-state index contributed by atoms with van der Waals surface area (Å²) in [7, 11) is 1.82. The fourth-order valence-electron chi connectivity index (χ4n) is 7.11. The summed E-state index contributed by atoms with van der Waals surface area (Å²) in [4.78, 5) is 0. The molecule has 0 bridgehead atoms. The van der Waals surface area contributed by atoms with Crippen molar-refractivity contribution in [3.63, 3.8) is 0 Å². The molecule has 0 aromatic heterocycles. The number of hydrogen-bond donors (Lipinski definition) is 0. The van der Waals surface area contributed by atoms with Crippen molar-refractivity contribution in [3.8, 4) is 0 Å². The Kier molecular flexibility index (Phi) is 2.82. The zero-order chi connectivity index (χ0) is 15.9. The van der Waals surface area contributed by atoms with E-state index in [1.54, 1.807) is 5.57 Å². The van der Waals surface area contributed by atoms with Crippen molar-refractivity contribution in [1.82, 2.24) is 0 Å². The number of allylic oxidation sites excluding steroid dienone is 4. The fraction of sp³-hybridized carbons (Fsp3) is 0.810. The number of hydrogen-bond acceptors (Lipinski definition) is 2. The van der Waals surface area contributed by atoms with Gasteiger partial charge >= 0.3 is 0 Å². The van der Waals surface area contributed by atoms with Crippen LogP contribution >= 0.6 is 0 Å². The lowest BCUT2D eigenvalue weighted by molar-refractivity contribution is -0.0446. The summed E-state index contributed by atoms with van der Waals surface area (Å²) in [6.07, 6.45) is 14.1. The van der Waals surface area contributed by atoms with Crippen LogP contribution in [0.1, 0.15) is 58.8 Å². The van der Waals surface area contributed by atoms with Crippen molar-refractivity contribution in [3.05, 3.63) is 23.5 Å². The molecule has 1 heterocycles. The van der Waals surface area contributed by atoms with Crippen LogP contribution in [0.2, 0.25) is 0 Å². The normalized spacial score (nSPS) is 53.8. The van der Waals surface area contributed by atoms with E-state index in [1.165, 1.54) is 44.3 Å². The van der Waals surface area contributed by atoms with Crippen molar-refractivity contribution in [2.75, 3.05) is 13.7 Å². The highest BCUT2D eigenvalue weighted by atomic mass is 16.6. The zero-order valence-electron chi connectivity index (χ0n) is 14.9. The van der Waals surface area contributed by atoms with Gasteiger partial charge in [-0.3, -0.25) is 0 Å². The van der Waals surface area contributed by atoms with Crippen LogP contribution in [0.4, 0.5) is 0 Å². The highest BCUT2D eigenvalue weighted by molar-refractivity contribution is 5.36. The second-order valence-electron chi connectivity index (χ2n) is 9.28. The Bertz CT molecular complexity index is 599. The Hall–Kier alpha value is -0.760. The van der Waals surface area contributed by atoms with Crippen LogP contribution in [-0.4, -0.2) is 19.3 Å². The molecule has 1 aliphatic heterocycles. The molecule has 0 unspecified atom stereocenters. The Morgan fingerprint density at radius 2 is 1.91 bits per heavy atom. The van der Waals surface area contributed by atoms with E-state index in [4.69, 9.17) is 9.47 Å². The monoisotopic (exact) mass is 314 g/mol. The van der Waals surface area contributed by atoms with E-state index >= 15 is 0 Å². The molecule has 2 nitrogen and oxygen atoms in total. The molecule has 23 heavy (non-hydrogen) atoms. The Morgan fingerprint density at radius 3 is 2.65 bits per heavy atom. The maximum atomic E-state index is 6.03. The van der Waals surface area contributed by atoms with Crippen molar-refractivity contribution in [2.24, 2.45) is 28.6 Å². The van der Waals surface area contributed by atoms with Gasteiger partial charge in [-0.2, -0.15) is 0 Å². The lowest BCUT2D eigenvalue weighted by Crippen LogP contribution is -2.50. The molecular weight excluding hydrogens is 284 g/mol. The molecule has 0 amide bonds. The highest BCUT2D eigenvalue weighted by Gasteiger charge is 2.69. The first-order chi connectivity index (χ1) is 11.0. The molecule has 3 fully saturated rings. The van der Waals surface area contributed by atoms with Crippen LogP contribution in [-0.2, 0) is 9.47 Å². The minimum atomic E-state index is 0.281. The second-order valence-corrected chi connectivity index (χ2v) is 9.28. The molecule has 0 N–H and O–H groups in total.